The highest BCUT2D eigenvalue weighted by atomic mass is 16.6. The van der Waals surface area contributed by atoms with Gasteiger partial charge in [-0.25, -0.2) is 0 Å². The average molecular weight is 912 g/mol. The van der Waals surface area contributed by atoms with Crippen LogP contribution in [-0.4, -0.2) is 102 Å². The van der Waals surface area contributed by atoms with E-state index in [0.29, 0.717) is 71.8 Å². The van der Waals surface area contributed by atoms with E-state index in [1.165, 1.54) is 89.9 Å². The van der Waals surface area contributed by atoms with Gasteiger partial charge >= 0.3 is 23.9 Å². The Labute approximate surface area is 393 Å². The average Bonchev–Trinajstić information content (AvgIpc) is 3.28. The number of hydrogen-bond donors (Lipinski definition) is 0. The Balaban J connectivity index is 4.79. The maximum atomic E-state index is 13.0. The molecular weight excluding hydrogens is 811 g/mol. The van der Waals surface area contributed by atoms with E-state index in [2.05, 4.69) is 27.7 Å². The normalized spacial score (nSPS) is 12.9. The summed E-state index contributed by atoms with van der Waals surface area (Å²) in [5.41, 5.74) is 0. The molecule has 0 aliphatic heterocycles. The molecule has 64 heavy (non-hydrogen) atoms. The SMILES string of the molecule is CCCCCCCCC(CCCCCC)C(=O)OCCCCCC(=O)OCC(CN(C)CCOCCOC)OC(=O)CCCCCOC(=O)C(CCCCCC)CCCCCCCC. The molecule has 3 atom stereocenters. The fourth-order valence-corrected chi connectivity index (χ4v) is 7.95. The van der Waals surface area contributed by atoms with Gasteiger partial charge in [-0.05, 0) is 71.3 Å². The summed E-state index contributed by atoms with van der Waals surface area (Å²) in [6, 6.07) is 0. The second kappa shape index (κ2) is 47.3. The number of unbranched alkanes of at least 4 members (excludes halogenated alkanes) is 20. The maximum absolute atomic E-state index is 13.0. The Bertz CT molecular complexity index is 1070. The van der Waals surface area contributed by atoms with Gasteiger partial charge < -0.3 is 33.3 Å². The molecule has 0 aliphatic carbocycles. The van der Waals surface area contributed by atoms with Gasteiger partial charge in [0.2, 0.25) is 0 Å². The Kier molecular flexibility index (Phi) is 45.6. The summed E-state index contributed by atoms with van der Waals surface area (Å²) in [7, 11) is 3.55. The fourth-order valence-electron chi connectivity index (χ4n) is 7.95. The van der Waals surface area contributed by atoms with Gasteiger partial charge in [-0.2, -0.15) is 0 Å². The molecule has 0 saturated heterocycles. The van der Waals surface area contributed by atoms with Crippen molar-refractivity contribution in [1.82, 2.24) is 4.90 Å². The first-order valence-electron chi connectivity index (χ1n) is 26.7. The van der Waals surface area contributed by atoms with E-state index in [9.17, 15) is 19.2 Å². The van der Waals surface area contributed by atoms with Crippen LogP contribution >= 0.6 is 0 Å². The Morgan fingerprint density at radius 1 is 0.438 bits per heavy atom. The number of ether oxygens (including phenoxy) is 6. The lowest BCUT2D eigenvalue weighted by Crippen LogP contribution is -2.38. The van der Waals surface area contributed by atoms with Crippen molar-refractivity contribution in [1.29, 1.82) is 0 Å². The smallest absolute Gasteiger partial charge is 0.308 e. The van der Waals surface area contributed by atoms with Gasteiger partial charge in [-0.1, -0.05) is 156 Å². The van der Waals surface area contributed by atoms with E-state index in [4.69, 9.17) is 28.4 Å². The number of rotatable bonds is 49. The summed E-state index contributed by atoms with van der Waals surface area (Å²) >= 11 is 0. The highest BCUT2D eigenvalue weighted by molar-refractivity contribution is 5.73. The number of likely N-dealkylation sites (N-methyl/N-ethyl adjacent to an activating group) is 1. The highest BCUT2D eigenvalue weighted by Gasteiger charge is 2.22. The molecule has 0 aliphatic rings. The van der Waals surface area contributed by atoms with Crippen molar-refractivity contribution in [3.05, 3.63) is 0 Å². The van der Waals surface area contributed by atoms with Crippen LogP contribution in [-0.2, 0) is 47.6 Å². The first-order chi connectivity index (χ1) is 31.2. The van der Waals surface area contributed by atoms with Crippen molar-refractivity contribution in [3.8, 4) is 0 Å². The zero-order chi connectivity index (χ0) is 47.1. The zero-order valence-corrected chi connectivity index (χ0v) is 42.5. The van der Waals surface area contributed by atoms with E-state index >= 15 is 0 Å². The van der Waals surface area contributed by atoms with Crippen LogP contribution in [0.2, 0.25) is 0 Å². The molecule has 0 aromatic carbocycles. The van der Waals surface area contributed by atoms with E-state index < -0.39 is 6.10 Å². The van der Waals surface area contributed by atoms with Crippen LogP contribution in [0, 0.1) is 11.8 Å². The quantitative estimate of drug-likeness (QED) is 0.0329. The van der Waals surface area contributed by atoms with Gasteiger partial charge in [0, 0.05) is 33.0 Å². The molecule has 0 bridgehead atoms. The predicted molar refractivity (Wildman–Crippen MR) is 260 cm³/mol. The monoisotopic (exact) mass is 912 g/mol. The number of hydrogen-bond acceptors (Lipinski definition) is 11. The van der Waals surface area contributed by atoms with E-state index in [1.807, 2.05) is 11.9 Å². The van der Waals surface area contributed by atoms with Crippen molar-refractivity contribution in [3.63, 3.8) is 0 Å². The highest BCUT2D eigenvalue weighted by Crippen LogP contribution is 2.22. The molecule has 0 fully saturated rings. The Morgan fingerprint density at radius 2 is 0.844 bits per heavy atom. The fraction of sp³-hybridized carbons (Fsp3) is 0.925. The topological polar surface area (TPSA) is 127 Å². The predicted octanol–water partition coefficient (Wildman–Crippen LogP) is 12.9. The number of esters is 4. The molecule has 11 nitrogen and oxygen atoms in total. The Hall–Kier alpha value is -2.24. The summed E-state index contributed by atoms with van der Waals surface area (Å²) in [5.74, 6) is -0.823. The molecule has 0 spiro atoms. The lowest BCUT2D eigenvalue weighted by atomic mass is 9.94. The molecule has 0 saturated carbocycles. The minimum atomic E-state index is -0.618. The van der Waals surface area contributed by atoms with Crippen molar-refractivity contribution >= 4 is 23.9 Å². The van der Waals surface area contributed by atoms with Gasteiger partial charge in [0.25, 0.3) is 0 Å². The molecule has 378 valence electrons. The maximum Gasteiger partial charge on any atom is 0.308 e. The van der Waals surface area contributed by atoms with Crippen LogP contribution in [0.3, 0.4) is 0 Å². The van der Waals surface area contributed by atoms with Gasteiger partial charge in [-0.15, -0.1) is 0 Å². The summed E-state index contributed by atoms with van der Waals surface area (Å²) < 4.78 is 33.6. The third-order valence-corrected chi connectivity index (χ3v) is 12.1. The lowest BCUT2D eigenvalue weighted by molar-refractivity contribution is -0.160. The van der Waals surface area contributed by atoms with Crippen molar-refractivity contribution in [2.24, 2.45) is 11.8 Å². The summed E-state index contributed by atoms with van der Waals surface area (Å²) in [4.78, 5) is 53.7. The number of carbonyl (C=O) groups is 4. The minimum Gasteiger partial charge on any atom is -0.465 e. The zero-order valence-electron chi connectivity index (χ0n) is 42.5. The number of nitrogens with zero attached hydrogens (tertiary/aromatic N) is 1. The van der Waals surface area contributed by atoms with Crippen molar-refractivity contribution in [2.75, 3.05) is 66.9 Å². The second-order valence-corrected chi connectivity index (χ2v) is 18.3. The number of methoxy groups -OCH3 is 1. The molecule has 0 aromatic heterocycles. The molecule has 0 amide bonds. The minimum absolute atomic E-state index is 0.0129. The summed E-state index contributed by atoms with van der Waals surface area (Å²) in [5, 5.41) is 0. The second-order valence-electron chi connectivity index (χ2n) is 18.3. The van der Waals surface area contributed by atoms with Crippen LogP contribution < -0.4 is 0 Å². The molecule has 11 heteroatoms. The molecule has 3 unspecified atom stereocenters. The molecule has 0 rings (SSSR count). The van der Waals surface area contributed by atoms with E-state index in [0.717, 1.165) is 77.0 Å². The van der Waals surface area contributed by atoms with E-state index in [-0.39, 0.29) is 55.2 Å². The Morgan fingerprint density at radius 3 is 1.30 bits per heavy atom. The van der Waals surface area contributed by atoms with Crippen molar-refractivity contribution < 1.29 is 47.6 Å². The van der Waals surface area contributed by atoms with Crippen LogP contribution in [0.25, 0.3) is 0 Å². The largest absolute Gasteiger partial charge is 0.465 e. The third-order valence-electron chi connectivity index (χ3n) is 12.1. The van der Waals surface area contributed by atoms with Gasteiger partial charge in [0.1, 0.15) is 12.7 Å². The van der Waals surface area contributed by atoms with Crippen LogP contribution in [0.5, 0.6) is 0 Å². The molecule has 0 heterocycles. The van der Waals surface area contributed by atoms with Gasteiger partial charge in [-0.3, -0.25) is 19.2 Å². The van der Waals surface area contributed by atoms with Gasteiger partial charge in [0.15, 0.2) is 0 Å². The van der Waals surface area contributed by atoms with Crippen LogP contribution in [0.4, 0.5) is 0 Å². The number of carbonyl (C=O) groups excluding carboxylic acids is 4. The summed E-state index contributed by atoms with van der Waals surface area (Å²) in [6.07, 6.45) is 31.5. The first-order valence-corrected chi connectivity index (χ1v) is 26.7. The van der Waals surface area contributed by atoms with Crippen molar-refractivity contribution in [2.45, 2.75) is 239 Å². The van der Waals surface area contributed by atoms with Crippen LogP contribution in [0.15, 0.2) is 0 Å². The molecule has 0 radical (unpaired) electrons. The standard InChI is InChI=1S/C53H101NO10/c1-7-11-15-19-21-27-35-47(33-25-17-13-9-3)52(57)61-40-31-23-29-37-50(55)63-46-49(45-54(5)39-42-60-44-43-59-6)64-51(56)38-30-24-32-41-62-53(58)48(34-26-18-14-10-4)36-28-22-20-16-12-8-2/h47-49H,7-46H2,1-6H3. The first kappa shape index (κ1) is 61.8. The third kappa shape index (κ3) is 40.1. The van der Waals surface area contributed by atoms with Gasteiger partial charge in [0.05, 0.1) is 44.9 Å². The summed E-state index contributed by atoms with van der Waals surface area (Å²) in [6.45, 7) is 12.1. The molecule has 0 N–H and O–H groups in total. The van der Waals surface area contributed by atoms with Crippen LogP contribution in [0.1, 0.15) is 233 Å². The molecular formula is C53H101NO10. The lowest BCUT2D eigenvalue weighted by Gasteiger charge is -2.24. The molecule has 0 aromatic rings. The van der Waals surface area contributed by atoms with E-state index in [1.54, 1.807) is 7.11 Å².